The van der Waals surface area contributed by atoms with Crippen LogP contribution in [0.2, 0.25) is 0 Å². The van der Waals surface area contributed by atoms with E-state index in [1.807, 2.05) is 6.07 Å². The van der Waals surface area contributed by atoms with Crippen LogP contribution >= 0.6 is 0 Å². The van der Waals surface area contributed by atoms with Gasteiger partial charge in [0.15, 0.2) is 5.82 Å². The maximum Gasteiger partial charge on any atom is 0.254 e. The quantitative estimate of drug-likeness (QED) is 0.691. The molecule has 3 N–H and O–H groups in total. The molecule has 29 heavy (non-hydrogen) atoms. The number of benzene rings is 1. The predicted molar refractivity (Wildman–Crippen MR) is 105 cm³/mol. The molecule has 152 valence electrons. The van der Waals surface area contributed by atoms with E-state index in [9.17, 15) is 18.8 Å². The maximum atomic E-state index is 13.7. The van der Waals surface area contributed by atoms with Crippen molar-refractivity contribution >= 4 is 17.7 Å². The second-order valence-electron chi connectivity index (χ2n) is 7.01. The third-order valence-electron chi connectivity index (χ3n) is 4.84. The molecule has 8 heteroatoms. The Morgan fingerprint density at radius 1 is 1.00 bits per heavy atom. The Hall–Kier alpha value is -3.29. The summed E-state index contributed by atoms with van der Waals surface area (Å²) in [6.07, 6.45) is 5.29. The van der Waals surface area contributed by atoms with E-state index in [4.69, 9.17) is 0 Å². The van der Waals surface area contributed by atoms with E-state index in [0.29, 0.717) is 12.0 Å². The van der Waals surface area contributed by atoms with Crippen molar-refractivity contribution in [3.8, 4) is 0 Å². The molecule has 2 aromatic rings. The number of hydrogen-bond acceptors (Lipinski definition) is 4. The first-order valence-corrected chi connectivity index (χ1v) is 9.56. The summed E-state index contributed by atoms with van der Waals surface area (Å²) in [5.74, 6) is -1.75. The highest BCUT2D eigenvalue weighted by atomic mass is 19.1. The van der Waals surface area contributed by atoms with Gasteiger partial charge in [-0.2, -0.15) is 0 Å². The van der Waals surface area contributed by atoms with Crippen LogP contribution in [-0.4, -0.2) is 41.3 Å². The van der Waals surface area contributed by atoms with E-state index in [1.165, 1.54) is 12.3 Å². The normalized spacial score (nSPS) is 18.5. The average Bonchev–Trinajstić information content (AvgIpc) is 2.73. The third kappa shape index (κ3) is 5.84. The lowest BCUT2D eigenvalue weighted by atomic mass is 9.90. The Bertz CT molecular complexity index is 875. The third-order valence-corrected chi connectivity index (χ3v) is 4.84. The molecule has 0 aliphatic heterocycles. The summed E-state index contributed by atoms with van der Waals surface area (Å²) in [6, 6.07) is 9.73. The zero-order valence-corrected chi connectivity index (χ0v) is 15.9. The number of halogens is 1. The van der Waals surface area contributed by atoms with Crippen molar-refractivity contribution in [2.24, 2.45) is 0 Å². The van der Waals surface area contributed by atoms with Gasteiger partial charge in [-0.25, -0.2) is 4.39 Å². The van der Waals surface area contributed by atoms with Gasteiger partial charge >= 0.3 is 0 Å². The second-order valence-corrected chi connectivity index (χ2v) is 7.01. The molecule has 0 radical (unpaired) electrons. The fourth-order valence-corrected chi connectivity index (χ4v) is 3.41. The Morgan fingerprint density at radius 2 is 1.72 bits per heavy atom. The summed E-state index contributed by atoms with van der Waals surface area (Å²) in [5.41, 5.74) is 0.443. The lowest BCUT2D eigenvalue weighted by molar-refractivity contribution is -0.121. The highest BCUT2D eigenvalue weighted by molar-refractivity contribution is 5.96. The number of amides is 3. The van der Waals surface area contributed by atoms with Crippen LogP contribution < -0.4 is 16.0 Å². The largest absolute Gasteiger partial charge is 0.352 e. The maximum absolute atomic E-state index is 13.7. The van der Waals surface area contributed by atoms with Crippen molar-refractivity contribution in [2.45, 2.75) is 37.8 Å². The van der Waals surface area contributed by atoms with Crippen LogP contribution in [0.15, 0.2) is 48.8 Å². The second kappa shape index (κ2) is 9.77. The van der Waals surface area contributed by atoms with Crippen LogP contribution in [0.3, 0.4) is 0 Å². The minimum Gasteiger partial charge on any atom is -0.352 e. The first-order valence-electron chi connectivity index (χ1n) is 9.56. The molecular formula is C21H23FN4O3. The summed E-state index contributed by atoms with van der Waals surface area (Å²) < 4.78 is 13.7. The number of hydrogen-bond donors (Lipinski definition) is 3. The summed E-state index contributed by atoms with van der Waals surface area (Å²) >= 11 is 0. The van der Waals surface area contributed by atoms with Gasteiger partial charge in [0.05, 0.1) is 18.3 Å². The number of nitrogens with one attached hydrogen (secondary N) is 3. The van der Waals surface area contributed by atoms with Gasteiger partial charge < -0.3 is 16.0 Å². The van der Waals surface area contributed by atoms with Gasteiger partial charge in [-0.1, -0.05) is 18.2 Å². The monoisotopic (exact) mass is 398 g/mol. The van der Waals surface area contributed by atoms with Crippen LogP contribution in [-0.2, 0) is 4.79 Å². The molecule has 1 heterocycles. The zero-order valence-electron chi connectivity index (χ0n) is 15.9. The van der Waals surface area contributed by atoms with Crippen molar-refractivity contribution in [1.82, 2.24) is 20.9 Å². The summed E-state index contributed by atoms with van der Waals surface area (Å²) in [7, 11) is 0. The van der Waals surface area contributed by atoms with Crippen LogP contribution in [0.4, 0.5) is 4.39 Å². The van der Waals surface area contributed by atoms with Gasteiger partial charge in [0.25, 0.3) is 11.8 Å². The van der Waals surface area contributed by atoms with Crippen molar-refractivity contribution < 1.29 is 18.8 Å². The molecule has 1 aliphatic carbocycles. The van der Waals surface area contributed by atoms with Crippen LogP contribution in [0.25, 0.3) is 0 Å². The van der Waals surface area contributed by atoms with E-state index < -0.39 is 11.7 Å². The fourth-order valence-electron chi connectivity index (χ4n) is 3.41. The number of pyridine rings is 1. The number of aromatic nitrogens is 1. The van der Waals surface area contributed by atoms with Gasteiger partial charge in [-0.15, -0.1) is 0 Å². The molecule has 1 aromatic carbocycles. The SMILES string of the molecule is O=C(CNC(=O)c1ccccc1)N[C@H]1CCC[C@@H](NC(=O)c2ccncc2F)C1. The number of rotatable bonds is 6. The first kappa shape index (κ1) is 20.4. The molecule has 0 spiro atoms. The van der Waals surface area contributed by atoms with Crippen molar-refractivity contribution in [3.63, 3.8) is 0 Å². The topological polar surface area (TPSA) is 100 Å². The standard InChI is InChI=1S/C21H23FN4O3/c22-18-12-23-10-9-17(18)21(29)26-16-8-4-7-15(11-16)25-19(27)13-24-20(28)14-5-2-1-3-6-14/h1-3,5-6,9-10,12,15-16H,4,7-8,11,13H2,(H,24,28)(H,25,27)(H,26,29)/t15-,16+/m0/s1. The molecule has 0 saturated heterocycles. The van der Waals surface area contributed by atoms with E-state index in [2.05, 4.69) is 20.9 Å². The van der Waals surface area contributed by atoms with Crippen LogP contribution in [0, 0.1) is 5.82 Å². The van der Waals surface area contributed by atoms with Crippen molar-refractivity contribution in [3.05, 3.63) is 65.7 Å². The van der Waals surface area contributed by atoms with Gasteiger partial charge in [0.2, 0.25) is 5.91 Å². The summed E-state index contributed by atoms with van der Waals surface area (Å²) in [5, 5.41) is 8.31. The minimum atomic E-state index is -0.667. The highest BCUT2D eigenvalue weighted by Gasteiger charge is 2.25. The first-order chi connectivity index (χ1) is 14.0. The summed E-state index contributed by atoms with van der Waals surface area (Å²) in [4.78, 5) is 40.1. The molecular weight excluding hydrogens is 375 g/mol. The van der Waals surface area contributed by atoms with Crippen LogP contribution in [0.5, 0.6) is 0 Å². The van der Waals surface area contributed by atoms with E-state index in [-0.39, 0.29) is 36.0 Å². The van der Waals surface area contributed by atoms with Crippen molar-refractivity contribution in [2.75, 3.05) is 6.54 Å². The Kier molecular flexibility index (Phi) is 6.89. The van der Waals surface area contributed by atoms with E-state index in [0.717, 1.165) is 25.5 Å². The average molecular weight is 398 g/mol. The smallest absolute Gasteiger partial charge is 0.254 e. The van der Waals surface area contributed by atoms with E-state index >= 15 is 0 Å². The molecule has 1 aromatic heterocycles. The molecule has 0 unspecified atom stereocenters. The molecule has 2 atom stereocenters. The molecule has 0 bridgehead atoms. The van der Waals surface area contributed by atoms with Crippen LogP contribution in [0.1, 0.15) is 46.4 Å². The van der Waals surface area contributed by atoms with Crippen molar-refractivity contribution in [1.29, 1.82) is 0 Å². The van der Waals surface area contributed by atoms with Gasteiger partial charge in [0.1, 0.15) is 0 Å². The number of carbonyl (C=O) groups excluding carboxylic acids is 3. The van der Waals surface area contributed by atoms with Gasteiger partial charge in [-0.05, 0) is 43.9 Å². The minimum absolute atomic E-state index is 0.0465. The Labute approximate surface area is 168 Å². The summed E-state index contributed by atoms with van der Waals surface area (Å²) in [6.45, 7) is -0.122. The zero-order chi connectivity index (χ0) is 20.6. The molecule has 1 fully saturated rings. The van der Waals surface area contributed by atoms with E-state index in [1.54, 1.807) is 24.3 Å². The molecule has 7 nitrogen and oxygen atoms in total. The number of carbonyl (C=O) groups is 3. The molecule has 3 amide bonds. The van der Waals surface area contributed by atoms with Gasteiger partial charge in [0, 0.05) is 23.8 Å². The Morgan fingerprint density at radius 3 is 2.45 bits per heavy atom. The Balaban J connectivity index is 1.45. The molecule has 3 rings (SSSR count). The molecule has 1 saturated carbocycles. The lowest BCUT2D eigenvalue weighted by Crippen LogP contribution is -2.48. The lowest BCUT2D eigenvalue weighted by Gasteiger charge is -2.30. The number of nitrogens with zero attached hydrogens (tertiary/aromatic N) is 1. The highest BCUT2D eigenvalue weighted by Crippen LogP contribution is 2.19. The predicted octanol–water partition coefficient (Wildman–Crippen LogP) is 1.81. The molecule has 1 aliphatic rings. The fraction of sp³-hybridized carbons (Fsp3) is 0.333. The van der Waals surface area contributed by atoms with Gasteiger partial charge in [-0.3, -0.25) is 19.4 Å².